The van der Waals surface area contributed by atoms with E-state index in [-0.39, 0.29) is 25.8 Å². The Morgan fingerprint density at radius 3 is 2.18 bits per heavy atom. The lowest BCUT2D eigenvalue weighted by Gasteiger charge is -2.16. The van der Waals surface area contributed by atoms with Crippen LogP contribution in [0.5, 0.6) is 23.0 Å². The Kier molecular flexibility index (Phi) is 4.45. The molecule has 1 aliphatic heterocycles. The normalized spacial score (nSPS) is 16.0. The first-order valence-corrected chi connectivity index (χ1v) is 8.03. The number of benzene rings is 2. The van der Waals surface area contributed by atoms with E-state index in [1.54, 1.807) is 18.2 Å². The predicted molar refractivity (Wildman–Crippen MR) is 88.0 cm³/mol. The van der Waals surface area contributed by atoms with Crippen LogP contribution in [0.4, 0.5) is 0 Å². The van der Waals surface area contributed by atoms with E-state index in [0.29, 0.717) is 11.5 Å². The molecule has 1 heterocycles. The van der Waals surface area contributed by atoms with Crippen molar-refractivity contribution in [3.63, 3.8) is 0 Å². The zero-order chi connectivity index (χ0) is 16.0. The quantitative estimate of drug-likeness (QED) is 0.583. The van der Waals surface area contributed by atoms with Crippen molar-refractivity contribution < 1.29 is 19.3 Å². The molecule has 0 saturated heterocycles. The maximum Gasteiger partial charge on any atom is 0.406 e. The van der Waals surface area contributed by atoms with Gasteiger partial charge in [0.05, 0.1) is 0 Å². The summed E-state index contributed by atoms with van der Waals surface area (Å²) in [5, 5.41) is 9.12. The van der Waals surface area contributed by atoms with Crippen molar-refractivity contribution in [1.29, 1.82) is 0 Å². The van der Waals surface area contributed by atoms with Gasteiger partial charge < -0.3 is 19.3 Å². The number of halogens is 5. The first-order chi connectivity index (χ1) is 10.4. The Labute approximate surface area is 153 Å². The molecule has 116 valence electrons. The maximum absolute atomic E-state index is 9.67. The van der Waals surface area contributed by atoms with Gasteiger partial charge in [0, 0.05) is 4.47 Å². The van der Waals surface area contributed by atoms with Gasteiger partial charge in [-0.25, -0.2) is 0 Å². The van der Waals surface area contributed by atoms with Gasteiger partial charge in [-0.05, 0) is 18.2 Å². The van der Waals surface area contributed by atoms with E-state index >= 15 is 0 Å². The molecule has 0 amide bonds. The van der Waals surface area contributed by atoms with E-state index in [9.17, 15) is 5.11 Å². The molecule has 0 fully saturated rings. The van der Waals surface area contributed by atoms with E-state index < -0.39 is 12.2 Å². The highest BCUT2D eigenvalue weighted by atomic mass is 79.9. The molecule has 4 nitrogen and oxygen atoms in total. The SMILES string of the molecule is Oc1c(Cl)c(Cl)c(OC2Oc3ccc(Br)cc3O2)c(Cl)c1Cl. The van der Waals surface area contributed by atoms with Crippen molar-refractivity contribution in [2.75, 3.05) is 0 Å². The summed E-state index contributed by atoms with van der Waals surface area (Å²) in [6.45, 7) is -1.11. The van der Waals surface area contributed by atoms with E-state index in [2.05, 4.69) is 15.9 Å². The first kappa shape index (κ1) is 16.1. The molecule has 9 heteroatoms. The number of phenolic OH excluding ortho intramolecular Hbond substituents is 1. The van der Waals surface area contributed by atoms with Crippen molar-refractivity contribution in [1.82, 2.24) is 0 Å². The number of hydrogen-bond donors (Lipinski definition) is 1. The molecule has 0 saturated carbocycles. The van der Waals surface area contributed by atoms with Crippen molar-refractivity contribution in [3.05, 3.63) is 42.8 Å². The van der Waals surface area contributed by atoms with Crippen molar-refractivity contribution >= 4 is 62.3 Å². The third-order valence-corrected chi connectivity index (χ3v) is 4.91. The number of rotatable bonds is 2. The van der Waals surface area contributed by atoms with Crippen LogP contribution in [-0.4, -0.2) is 11.6 Å². The zero-order valence-corrected chi connectivity index (χ0v) is 15.0. The van der Waals surface area contributed by atoms with Gasteiger partial charge in [0.1, 0.15) is 20.1 Å². The van der Waals surface area contributed by atoms with Crippen molar-refractivity contribution in [2.45, 2.75) is 6.48 Å². The minimum absolute atomic E-state index is 0.0481. The van der Waals surface area contributed by atoms with Crippen LogP contribution < -0.4 is 14.2 Å². The van der Waals surface area contributed by atoms with Crippen LogP contribution >= 0.6 is 62.3 Å². The Hall–Kier alpha value is -0.720. The number of fused-ring (bicyclic) bond motifs is 1. The molecule has 1 unspecified atom stereocenters. The van der Waals surface area contributed by atoms with Gasteiger partial charge in [-0.3, -0.25) is 0 Å². The van der Waals surface area contributed by atoms with Crippen LogP contribution in [0.3, 0.4) is 0 Å². The molecular weight excluding hydrogens is 442 g/mol. The Morgan fingerprint density at radius 1 is 0.955 bits per heavy atom. The number of phenols is 1. The molecule has 1 atom stereocenters. The molecule has 3 rings (SSSR count). The van der Waals surface area contributed by atoms with E-state index in [4.69, 9.17) is 60.6 Å². The summed E-state index contributed by atoms with van der Waals surface area (Å²) in [6.07, 6.45) is 0. The number of ether oxygens (including phenoxy) is 3. The number of hydrogen-bond acceptors (Lipinski definition) is 4. The summed E-state index contributed by atoms with van der Waals surface area (Å²) < 4.78 is 17.2. The molecule has 0 radical (unpaired) electrons. The topological polar surface area (TPSA) is 47.9 Å². The molecule has 2 aromatic carbocycles. The molecule has 0 bridgehead atoms. The lowest BCUT2D eigenvalue weighted by atomic mass is 10.3. The Bertz CT molecular complexity index is 739. The van der Waals surface area contributed by atoms with Gasteiger partial charge in [0.15, 0.2) is 23.0 Å². The fraction of sp³-hybridized carbons (Fsp3) is 0.0769. The number of aromatic hydroxyl groups is 1. The summed E-state index contributed by atoms with van der Waals surface area (Å²) in [6, 6.07) is 5.22. The summed E-state index contributed by atoms with van der Waals surface area (Å²) in [5.41, 5.74) is 0. The van der Waals surface area contributed by atoms with Crippen LogP contribution in [0.2, 0.25) is 20.1 Å². The average molecular weight is 447 g/mol. The second-order valence-corrected chi connectivity index (χ2v) is 6.59. The molecule has 2 aromatic rings. The van der Waals surface area contributed by atoms with Gasteiger partial charge in [0.2, 0.25) is 0 Å². The van der Waals surface area contributed by atoms with Crippen LogP contribution in [0, 0.1) is 0 Å². The molecule has 22 heavy (non-hydrogen) atoms. The third kappa shape index (κ3) is 2.76. The summed E-state index contributed by atoms with van der Waals surface area (Å²) >= 11 is 27.1. The fourth-order valence-electron chi connectivity index (χ4n) is 1.75. The molecule has 1 aliphatic rings. The second-order valence-electron chi connectivity index (χ2n) is 4.17. The van der Waals surface area contributed by atoms with E-state index in [1.165, 1.54) is 0 Å². The van der Waals surface area contributed by atoms with Crippen molar-refractivity contribution in [2.24, 2.45) is 0 Å². The van der Waals surface area contributed by atoms with Crippen LogP contribution in [0.1, 0.15) is 0 Å². The maximum atomic E-state index is 9.67. The molecular formula is C13H5BrCl4O4. The van der Waals surface area contributed by atoms with Gasteiger partial charge in [0.25, 0.3) is 0 Å². The minimum atomic E-state index is -1.11. The fourth-order valence-corrected chi connectivity index (χ4v) is 3.01. The molecule has 0 spiro atoms. The van der Waals surface area contributed by atoms with E-state index in [0.717, 1.165) is 4.47 Å². The summed E-state index contributed by atoms with van der Waals surface area (Å²) in [4.78, 5) is 0. The highest BCUT2D eigenvalue weighted by molar-refractivity contribution is 9.10. The highest BCUT2D eigenvalue weighted by Crippen LogP contribution is 2.50. The smallest absolute Gasteiger partial charge is 0.406 e. The van der Waals surface area contributed by atoms with Gasteiger partial charge >= 0.3 is 6.48 Å². The monoisotopic (exact) mass is 444 g/mol. The average Bonchev–Trinajstić information content (AvgIpc) is 2.89. The zero-order valence-electron chi connectivity index (χ0n) is 10.4. The molecule has 0 aliphatic carbocycles. The largest absolute Gasteiger partial charge is 0.505 e. The Balaban J connectivity index is 1.90. The highest BCUT2D eigenvalue weighted by Gasteiger charge is 2.30. The van der Waals surface area contributed by atoms with Gasteiger partial charge in [-0.15, -0.1) is 0 Å². The lowest BCUT2D eigenvalue weighted by molar-refractivity contribution is -0.112. The van der Waals surface area contributed by atoms with Gasteiger partial charge in [-0.2, -0.15) is 0 Å². The Morgan fingerprint density at radius 2 is 1.55 bits per heavy atom. The van der Waals surface area contributed by atoms with Crippen LogP contribution in [0.25, 0.3) is 0 Å². The first-order valence-electron chi connectivity index (χ1n) is 5.73. The predicted octanol–water partition coefficient (Wildman–Crippen LogP) is 5.90. The van der Waals surface area contributed by atoms with Crippen LogP contribution in [0.15, 0.2) is 22.7 Å². The lowest BCUT2D eigenvalue weighted by Crippen LogP contribution is -2.25. The van der Waals surface area contributed by atoms with Gasteiger partial charge in [-0.1, -0.05) is 62.3 Å². The summed E-state index contributed by atoms with van der Waals surface area (Å²) in [5.74, 6) is 0.512. The summed E-state index contributed by atoms with van der Waals surface area (Å²) in [7, 11) is 0. The molecule has 0 aromatic heterocycles. The standard InChI is InChI=1S/C13H5BrCl4O4/c14-4-1-2-5-6(3-4)21-13(20-5)22-12-9(17)7(15)11(19)8(16)10(12)18/h1-3,13,19H. The van der Waals surface area contributed by atoms with Crippen molar-refractivity contribution in [3.8, 4) is 23.0 Å². The minimum Gasteiger partial charge on any atom is -0.505 e. The van der Waals surface area contributed by atoms with E-state index in [1.807, 2.05) is 0 Å². The van der Waals surface area contributed by atoms with Crippen LogP contribution in [-0.2, 0) is 0 Å². The third-order valence-electron chi connectivity index (χ3n) is 2.77. The molecule has 1 N–H and O–H groups in total. The second kappa shape index (κ2) is 6.06.